The van der Waals surface area contributed by atoms with Crippen LogP contribution in [-0.2, 0) is 15.0 Å². The first-order valence-corrected chi connectivity index (χ1v) is 12.4. The van der Waals surface area contributed by atoms with Gasteiger partial charge in [0.05, 0.1) is 5.41 Å². The van der Waals surface area contributed by atoms with E-state index in [1.165, 1.54) is 18.6 Å². The number of halogens is 1. The lowest BCUT2D eigenvalue weighted by Gasteiger charge is -2.50. The van der Waals surface area contributed by atoms with Gasteiger partial charge in [-0.2, -0.15) is 0 Å². The van der Waals surface area contributed by atoms with Gasteiger partial charge in [-0.1, -0.05) is 61.7 Å². The van der Waals surface area contributed by atoms with Crippen molar-refractivity contribution in [3.63, 3.8) is 0 Å². The van der Waals surface area contributed by atoms with Gasteiger partial charge in [0.2, 0.25) is 11.8 Å². The Bertz CT molecular complexity index is 990. The number of likely N-dealkylation sites (tertiary alicyclic amines) is 1. The molecule has 1 aliphatic carbocycles. The molecule has 5 rings (SSSR count). The number of rotatable bonds is 3. The van der Waals surface area contributed by atoms with Crippen molar-refractivity contribution in [2.45, 2.75) is 62.7 Å². The molecule has 4 nitrogen and oxygen atoms in total. The lowest BCUT2D eigenvalue weighted by Crippen LogP contribution is -2.56. The Morgan fingerprint density at radius 2 is 1.58 bits per heavy atom. The summed E-state index contributed by atoms with van der Waals surface area (Å²) in [6.45, 7) is 1.93. The van der Waals surface area contributed by atoms with Gasteiger partial charge in [-0.15, -0.1) is 0 Å². The van der Waals surface area contributed by atoms with Crippen LogP contribution in [0.15, 0.2) is 54.6 Å². The molecule has 2 aliphatic heterocycles. The topological polar surface area (TPSA) is 49.4 Å². The van der Waals surface area contributed by atoms with Gasteiger partial charge in [0.15, 0.2) is 0 Å². The molecule has 1 saturated carbocycles. The van der Waals surface area contributed by atoms with Crippen molar-refractivity contribution >= 4 is 11.8 Å². The number of carbonyl (C=O) groups is 2. The van der Waals surface area contributed by atoms with Crippen LogP contribution in [0.1, 0.15) is 68.4 Å². The molecule has 2 heterocycles. The number of hydrogen-bond donors (Lipinski definition) is 1. The molecule has 3 aliphatic rings. The van der Waals surface area contributed by atoms with Crippen LogP contribution in [0.4, 0.5) is 4.39 Å². The van der Waals surface area contributed by atoms with Crippen molar-refractivity contribution in [2.24, 2.45) is 5.41 Å². The second kappa shape index (κ2) is 8.92. The SMILES string of the molecule is O=C1CC2(CCN(C(=O)C3(c4ccccc4)CCCCC3)CC2)C(c2ccc(F)cc2)CN1. The summed E-state index contributed by atoms with van der Waals surface area (Å²) in [5.41, 5.74) is 1.63. The number of carbonyl (C=O) groups excluding carboxylic acids is 2. The number of piperidine rings is 2. The quantitative estimate of drug-likeness (QED) is 0.723. The van der Waals surface area contributed by atoms with Gasteiger partial charge in [-0.3, -0.25) is 9.59 Å². The summed E-state index contributed by atoms with van der Waals surface area (Å²) in [4.78, 5) is 28.5. The first kappa shape index (κ1) is 22.1. The van der Waals surface area contributed by atoms with Gasteiger partial charge < -0.3 is 10.2 Å². The molecule has 1 N–H and O–H groups in total. The van der Waals surface area contributed by atoms with Crippen molar-refractivity contribution in [1.29, 1.82) is 0 Å². The minimum Gasteiger partial charge on any atom is -0.355 e. The molecule has 2 saturated heterocycles. The second-order valence-corrected chi connectivity index (χ2v) is 10.2. The number of hydrogen-bond acceptors (Lipinski definition) is 2. The minimum absolute atomic E-state index is 0.0844. The Morgan fingerprint density at radius 1 is 0.909 bits per heavy atom. The number of amides is 2. The van der Waals surface area contributed by atoms with Gasteiger partial charge in [-0.05, 0) is 54.4 Å². The van der Waals surface area contributed by atoms with Crippen molar-refractivity contribution in [3.05, 3.63) is 71.5 Å². The molecule has 2 aromatic carbocycles. The fraction of sp³-hybridized carbons (Fsp3) is 0.500. The third kappa shape index (κ3) is 4.07. The largest absolute Gasteiger partial charge is 0.355 e. The number of nitrogens with one attached hydrogen (secondary N) is 1. The van der Waals surface area contributed by atoms with Crippen LogP contribution in [0.5, 0.6) is 0 Å². The van der Waals surface area contributed by atoms with Crippen LogP contribution in [0, 0.1) is 11.2 Å². The Kier molecular flexibility index (Phi) is 5.98. The highest BCUT2D eigenvalue weighted by Gasteiger charge is 2.49. The summed E-state index contributed by atoms with van der Waals surface area (Å²) in [5, 5.41) is 3.02. The van der Waals surface area contributed by atoms with Crippen molar-refractivity contribution in [1.82, 2.24) is 10.2 Å². The molecule has 2 aromatic rings. The summed E-state index contributed by atoms with van der Waals surface area (Å²) < 4.78 is 13.5. The van der Waals surface area contributed by atoms with Crippen molar-refractivity contribution < 1.29 is 14.0 Å². The van der Waals surface area contributed by atoms with E-state index in [-0.39, 0.29) is 29.0 Å². The van der Waals surface area contributed by atoms with E-state index in [0.717, 1.165) is 49.7 Å². The molecule has 3 fully saturated rings. The Morgan fingerprint density at radius 3 is 2.24 bits per heavy atom. The molecule has 0 bridgehead atoms. The molecule has 0 aromatic heterocycles. The van der Waals surface area contributed by atoms with E-state index in [2.05, 4.69) is 22.3 Å². The third-order valence-electron chi connectivity index (χ3n) is 8.52. The number of benzene rings is 2. The minimum atomic E-state index is -0.412. The van der Waals surface area contributed by atoms with Crippen LogP contribution in [0.2, 0.25) is 0 Å². The van der Waals surface area contributed by atoms with Crippen molar-refractivity contribution in [3.8, 4) is 0 Å². The Hall–Kier alpha value is -2.69. The highest BCUT2D eigenvalue weighted by atomic mass is 19.1. The Balaban J connectivity index is 1.38. The predicted molar refractivity (Wildman–Crippen MR) is 126 cm³/mol. The Labute approximate surface area is 195 Å². The van der Waals surface area contributed by atoms with E-state index in [1.807, 2.05) is 30.3 Å². The molecule has 1 unspecified atom stereocenters. The highest BCUT2D eigenvalue weighted by molar-refractivity contribution is 5.88. The zero-order valence-electron chi connectivity index (χ0n) is 19.2. The van der Waals surface area contributed by atoms with Crippen LogP contribution in [0.3, 0.4) is 0 Å². The monoisotopic (exact) mass is 448 g/mol. The van der Waals surface area contributed by atoms with Crippen molar-refractivity contribution in [2.75, 3.05) is 19.6 Å². The van der Waals surface area contributed by atoms with Gasteiger partial charge >= 0.3 is 0 Å². The van der Waals surface area contributed by atoms with Gasteiger partial charge in [0.1, 0.15) is 5.82 Å². The van der Waals surface area contributed by atoms with Gasteiger partial charge in [-0.25, -0.2) is 4.39 Å². The summed E-state index contributed by atoms with van der Waals surface area (Å²) in [5.74, 6) is 0.251. The van der Waals surface area contributed by atoms with E-state index < -0.39 is 5.41 Å². The molecule has 174 valence electrons. The average molecular weight is 449 g/mol. The lowest BCUT2D eigenvalue weighted by molar-refractivity contribution is -0.142. The fourth-order valence-electron chi connectivity index (χ4n) is 6.63. The fourth-order valence-corrected chi connectivity index (χ4v) is 6.63. The first-order valence-electron chi connectivity index (χ1n) is 12.4. The first-order chi connectivity index (χ1) is 16.0. The lowest BCUT2D eigenvalue weighted by atomic mass is 9.62. The second-order valence-electron chi connectivity index (χ2n) is 10.2. The van der Waals surface area contributed by atoms with E-state index in [4.69, 9.17) is 0 Å². The van der Waals surface area contributed by atoms with Crippen LogP contribution < -0.4 is 5.32 Å². The smallest absolute Gasteiger partial charge is 0.233 e. The maximum Gasteiger partial charge on any atom is 0.233 e. The molecule has 33 heavy (non-hydrogen) atoms. The third-order valence-corrected chi connectivity index (χ3v) is 8.52. The molecule has 1 spiro atoms. The normalized spacial score (nSPS) is 24.3. The molecular weight excluding hydrogens is 415 g/mol. The maximum absolute atomic E-state index is 14.0. The van der Waals surface area contributed by atoms with Gasteiger partial charge in [0, 0.05) is 32.0 Å². The van der Waals surface area contributed by atoms with Gasteiger partial charge in [0.25, 0.3) is 0 Å². The summed E-state index contributed by atoms with van der Waals surface area (Å²) >= 11 is 0. The van der Waals surface area contributed by atoms with Crippen LogP contribution >= 0.6 is 0 Å². The van der Waals surface area contributed by atoms with E-state index in [1.54, 1.807) is 0 Å². The molecular formula is C28H33FN2O2. The maximum atomic E-state index is 14.0. The molecule has 0 radical (unpaired) electrons. The highest BCUT2D eigenvalue weighted by Crippen LogP contribution is 2.50. The number of nitrogens with zero attached hydrogens (tertiary/aromatic N) is 1. The molecule has 1 atom stereocenters. The molecule has 5 heteroatoms. The van der Waals surface area contributed by atoms with Crippen LogP contribution in [0.25, 0.3) is 0 Å². The zero-order chi connectivity index (χ0) is 22.9. The zero-order valence-corrected chi connectivity index (χ0v) is 19.2. The standard InChI is InChI=1S/C28H33FN2O2/c29-23-11-9-21(10-12-23)24-20-30-25(32)19-27(24)15-17-31(18-16-27)26(33)28(13-5-2-6-14-28)22-7-3-1-4-8-22/h1,3-4,7-12,24H,2,5-6,13-20H2,(H,30,32). The predicted octanol–water partition coefficient (Wildman–Crippen LogP) is 4.94. The average Bonchev–Trinajstić information content (AvgIpc) is 2.86. The van der Waals surface area contributed by atoms with E-state index >= 15 is 0 Å². The van der Waals surface area contributed by atoms with Crippen LogP contribution in [-0.4, -0.2) is 36.3 Å². The summed E-state index contributed by atoms with van der Waals surface area (Å²) in [6.07, 6.45) is 7.28. The van der Waals surface area contributed by atoms with E-state index in [9.17, 15) is 14.0 Å². The molecule has 2 amide bonds. The van der Waals surface area contributed by atoms with E-state index in [0.29, 0.717) is 26.1 Å². The summed E-state index contributed by atoms with van der Waals surface area (Å²) in [6, 6.07) is 17.0. The summed E-state index contributed by atoms with van der Waals surface area (Å²) in [7, 11) is 0.